The quantitative estimate of drug-likeness (QED) is 0.894. The van der Waals surface area contributed by atoms with Crippen LogP contribution in [0.4, 0.5) is 5.95 Å². The molecule has 5 heteroatoms. The summed E-state index contributed by atoms with van der Waals surface area (Å²) in [7, 11) is 1.80. The molecular formula is C13H16N4O. The van der Waals surface area contributed by atoms with E-state index in [1.54, 1.807) is 19.4 Å². The number of nitrogens with zero attached hydrogens (tertiary/aromatic N) is 3. The number of pyridine rings is 1. The number of nitrogens with one attached hydrogen (secondary N) is 1. The average Bonchev–Trinajstić information content (AvgIpc) is 2.39. The molecule has 0 amide bonds. The summed E-state index contributed by atoms with van der Waals surface area (Å²) in [6.07, 6.45) is 3.46. The van der Waals surface area contributed by atoms with E-state index in [1.165, 1.54) is 0 Å². The lowest BCUT2D eigenvalue weighted by molar-refractivity contribution is 0.339. The molecule has 2 aromatic heterocycles. The Labute approximate surface area is 106 Å². The van der Waals surface area contributed by atoms with Gasteiger partial charge in [-0.2, -0.15) is 0 Å². The zero-order valence-corrected chi connectivity index (χ0v) is 10.8. The van der Waals surface area contributed by atoms with Gasteiger partial charge in [0.15, 0.2) is 0 Å². The van der Waals surface area contributed by atoms with Crippen molar-refractivity contribution >= 4 is 5.95 Å². The van der Waals surface area contributed by atoms with Crippen LogP contribution in [-0.2, 0) is 0 Å². The SMILES string of the molecule is CCOc1cncc(-c2cc(C)nc(NC)n2)c1. The molecule has 0 bridgehead atoms. The van der Waals surface area contributed by atoms with E-state index < -0.39 is 0 Å². The molecule has 0 aliphatic carbocycles. The third-order valence-electron chi connectivity index (χ3n) is 2.40. The predicted molar refractivity (Wildman–Crippen MR) is 70.7 cm³/mol. The third-order valence-corrected chi connectivity index (χ3v) is 2.40. The van der Waals surface area contributed by atoms with Gasteiger partial charge in [0.25, 0.3) is 0 Å². The van der Waals surface area contributed by atoms with Crippen molar-refractivity contribution in [1.82, 2.24) is 15.0 Å². The number of ether oxygens (including phenoxy) is 1. The molecule has 94 valence electrons. The second-order valence-electron chi connectivity index (χ2n) is 3.81. The molecule has 5 nitrogen and oxygen atoms in total. The molecule has 18 heavy (non-hydrogen) atoms. The van der Waals surface area contributed by atoms with Crippen LogP contribution in [-0.4, -0.2) is 28.6 Å². The number of anilines is 1. The lowest BCUT2D eigenvalue weighted by Gasteiger charge is -2.07. The Morgan fingerprint density at radius 3 is 2.78 bits per heavy atom. The van der Waals surface area contributed by atoms with Crippen molar-refractivity contribution in [3.8, 4) is 17.0 Å². The number of aromatic nitrogens is 3. The highest BCUT2D eigenvalue weighted by atomic mass is 16.5. The first-order valence-corrected chi connectivity index (χ1v) is 5.84. The minimum atomic E-state index is 0.604. The number of rotatable bonds is 4. The summed E-state index contributed by atoms with van der Waals surface area (Å²) >= 11 is 0. The molecule has 0 aliphatic heterocycles. The standard InChI is InChI=1S/C13H16N4O/c1-4-18-11-6-10(7-15-8-11)12-5-9(2)16-13(14-3)17-12/h5-8H,4H2,1-3H3,(H,14,16,17). The van der Waals surface area contributed by atoms with Gasteiger partial charge < -0.3 is 10.1 Å². The normalized spacial score (nSPS) is 10.2. The monoisotopic (exact) mass is 244 g/mol. The van der Waals surface area contributed by atoms with Crippen LogP contribution in [0.25, 0.3) is 11.3 Å². The zero-order chi connectivity index (χ0) is 13.0. The first-order valence-electron chi connectivity index (χ1n) is 5.84. The summed E-state index contributed by atoms with van der Waals surface area (Å²) in [6, 6.07) is 3.85. The predicted octanol–water partition coefficient (Wildman–Crippen LogP) is 2.29. The van der Waals surface area contributed by atoms with E-state index in [-0.39, 0.29) is 0 Å². The molecule has 0 aliphatic rings. The minimum absolute atomic E-state index is 0.604. The summed E-state index contributed by atoms with van der Waals surface area (Å²) in [5, 5.41) is 2.94. The number of aryl methyl sites for hydroxylation is 1. The lowest BCUT2D eigenvalue weighted by atomic mass is 10.2. The second kappa shape index (κ2) is 5.44. The smallest absolute Gasteiger partial charge is 0.223 e. The van der Waals surface area contributed by atoms with Gasteiger partial charge >= 0.3 is 0 Å². The van der Waals surface area contributed by atoms with Crippen molar-refractivity contribution < 1.29 is 4.74 Å². The van der Waals surface area contributed by atoms with Crippen LogP contribution in [0.2, 0.25) is 0 Å². The molecular weight excluding hydrogens is 228 g/mol. The number of hydrogen-bond acceptors (Lipinski definition) is 5. The maximum absolute atomic E-state index is 5.43. The van der Waals surface area contributed by atoms with Crippen molar-refractivity contribution in [3.63, 3.8) is 0 Å². The van der Waals surface area contributed by atoms with Crippen molar-refractivity contribution in [2.45, 2.75) is 13.8 Å². The summed E-state index contributed by atoms with van der Waals surface area (Å²) in [4.78, 5) is 12.8. The van der Waals surface area contributed by atoms with Crippen LogP contribution in [0.5, 0.6) is 5.75 Å². The lowest BCUT2D eigenvalue weighted by Crippen LogP contribution is -2.00. The zero-order valence-electron chi connectivity index (χ0n) is 10.8. The van der Waals surface area contributed by atoms with Crippen LogP contribution in [0.15, 0.2) is 24.5 Å². The molecule has 0 saturated carbocycles. The van der Waals surface area contributed by atoms with Crippen molar-refractivity contribution in [2.24, 2.45) is 0 Å². The van der Waals surface area contributed by atoms with Gasteiger partial charge in [-0.3, -0.25) is 4.98 Å². The van der Waals surface area contributed by atoms with E-state index in [4.69, 9.17) is 4.74 Å². The fourth-order valence-electron chi connectivity index (χ4n) is 1.63. The first-order chi connectivity index (χ1) is 8.72. The highest BCUT2D eigenvalue weighted by Crippen LogP contribution is 2.22. The second-order valence-corrected chi connectivity index (χ2v) is 3.81. The van der Waals surface area contributed by atoms with Gasteiger partial charge in [-0.05, 0) is 26.0 Å². The fraction of sp³-hybridized carbons (Fsp3) is 0.308. The maximum Gasteiger partial charge on any atom is 0.223 e. The van der Waals surface area contributed by atoms with E-state index in [2.05, 4.69) is 20.3 Å². The van der Waals surface area contributed by atoms with Gasteiger partial charge in [0.05, 0.1) is 18.5 Å². The van der Waals surface area contributed by atoms with E-state index in [9.17, 15) is 0 Å². The van der Waals surface area contributed by atoms with Gasteiger partial charge in [0.1, 0.15) is 5.75 Å². The van der Waals surface area contributed by atoms with Crippen molar-refractivity contribution in [2.75, 3.05) is 19.0 Å². The third kappa shape index (κ3) is 2.74. The van der Waals surface area contributed by atoms with Crippen LogP contribution in [0.3, 0.4) is 0 Å². The van der Waals surface area contributed by atoms with Crippen LogP contribution < -0.4 is 10.1 Å². The van der Waals surface area contributed by atoms with E-state index in [1.807, 2.05) is 26.0 Å². The molecule has 2 rings (SSSR count). The largest absolute Gasteiger partial charge is 0.492 e. The summed E-state index contributed by atoms with van der Waals surface area (Å²) in [6.45, 7) is 4.50. The Kier molecular flexibility index (Phi) is 3.72. The summed E-state index contributed by atoms with van der Waals surface area (Å²) in [5.41, 5.74) is 2.66. The summed E-state index contributed by atoms with van der Waals surface area (Å²) in [5.74, 6) is 1.35. The molecule has 2 aromatic rings. The Morgan fingerprint density at radius 2 is 2.06 bits per heavy atom. The maximum atomic E-state index is 5.43. The molecule has 0 aromatic carbocycles. The molecule has 2 heterocycles. The van der Waals surface area contributed by atoms with Gasteiger partial charge in [-0.1, -0.05) is 0 Å². The Morgan fingerprint density at radius 1 is 1.22 bits per heavy atom. The van der Waals surface area contributed by atoms with Crippen molar-refractivity contribution in [3.05, 3.63) is 30.2 Å². The Hall–Kier alpha value is -2.17. The van der Waals surface area contributed by atoms with Crippen LogP contribution >= 0.6 is 0 Å². The molecule has 0 unspecified atom stereocenters. The van der Waals surface area contributed by atoms with Crippen LogP contribution in [0.1, 0.15) is 12.6 Å². The van der Waals surface area contributed by atoms with E-state index >= 15 is 0 Å². The van der Waals surface area contributed by atoms with Gasteiger partial charge in [-0.15, -0.1) is 0 Å². The van der Waals surface area contributed by atoms with Gasteiger partial charge in [-0.25, -0.2) is 9.97 Å². The average molecular weight is 244 g/mol. The van der Waals surface area contributed by atoms with Crippen LogP contribution in [0, 0.1) is 6.92 Å². The van der Waals surface area contributed by atoms with Gasteiger partial charge in [0.2, 0.25) is 5.95 Å². The molecule has 0 fully saturated rings. The molecule has 0 saturated heterocycles. The van der Waals surface area contributed by atoms with Gasteiger partial charge in [0, 0.05) is 24.5 Å². The Bertz CT molecular complexity index is 542. The summed E-state index contributed by atoms with van der Waals surface area (Å²) < 4.78 is 5.43. The first kappa shape index (κ1) is 12.3. The molecule has 1 N–H and O–H groups in total. The van der Waals surface area contributed by atoms with E-state index in [0.717, 1.165) is 22.7 Å². The fourth-order valence-corrected chi connectivity index (χ4v) is 1.63. The molecule has 0 radical (unpaired) electrons. The Balaban J connectivity index is 2.41. The highest BCUT2D eigenvalue weighted by molar-refractivity contribution is 5.61. The highest BCUT2D eigenvalue weighted by Gasteiger charge is 2.05. The minimum Gasteiger partial charge on any atom is -0.492 e. The molecule has 0 atom stereocenters. The topological polar surface area (TPSA) is 59.9 Å². The van der Waals surface area contributed by atoms with Crippen molar-refractivity contribution in [1.29, 1.82) is 0 Å². The molecule has 0 spiro atoms. The number of hydrogen-bond donors (Lipinski definition) is 1. The van der Waals surface area contributed by atoms with E-state index in [0.29, 0.717) is 12.6 Å².